The molecule has 0 saturated carbocycles. The average molecular weight is 184 g/mol. The van der Waals surface area contributed by atoms with Gasteiger partial charge in [-0.15, -0.1) is 0 Å². The summed E-state index contributed by atoms with van der Waals surface area (Å²) in [7, 11) is 0. The van der Waals surface area contributed by atoms with Gasteiger partial charge in [-0.05, 0) is 19.9 Å². The highest BCUT2D eigenvalue weighted by Gasteiger charge is 1.98. The van der Waals surface area contributed by atoms with Gasteiger partial charge in [0.15, 0.2) is 0 Å². The molecule has 0 atom stereocenters. The van der Waals surface area contributed by atoms with E-state index in [0.29, 0.717) is 17.0 Å². The molecule has 0 unspecified atom stereocenters. The Kier molecular flexibility index (Phi) is 5.21. The largest absolute Gasteiger partial charge is 0.470 e. The molecule has 0 N–H and O–H groups in total. The van der Waals surface area contributed by atoms with Crippen LogP contribution in [0.1, 0.15) is 20.3 Å². The van der Waals surface area contributed by atoms with Crippen LogP contribution in [-0.2, 0) is 9.53 Å². The first-order chi connectivity index (χ1) is 5.56. The molecule has 0 aromatic rings. The standard InChI is InChI=1S/C9H12O2S/c1-4-11-8(3)6-9(12)5-7(2)10/h4,6H,1,5H2,2-3H3. The SMILES string of the molecule is C=COC(C)=CC(=S)CC(C)=O. The van der Waals surface area contributed by atoms with E-state index in [4.69, 9.17) is 17.0 Å². The summed E-state index contributed by atoms with van der Waals surface area (Å²) in [5, 5.41) is 0. The molecule has 0 saturated heterocycles. The van der Waals surface area contributed by atoms with Crippen molar-refractivity contribution >= 4 is 22.9 Å². The van der Waals surface area contributed by atoms with Crippen LogP contribution in [0.3, 0.4) is 0 Å². The lowest BCUT2D eigenvalue weighted by Crippen LogP contribution is -1.99. The monoisotopic (exact) mass is 184 g/mol. The van der Waals surface area contributed by atoms with Crippen LogP contribution >= 0.6 is 12.2 Å². The molecule has 0 aliphatic rings. The van der Waals surface area contributed by atoms with Gasteiger partial charge in [-0.1, -0.05) is 18.8 Å². The molecule has 0 fully saturated rings. The van der Waals surface area contributed by atoms with Gasteiger partial charge in [0.25, 0.3) is 0 Å². The molecule has 0 heterocycles. The highest BCUT2D eigenvalue weighted by Crippen LogP contribution is 1.99. The highest BCUT2D eigenvalue weighted by molar-refractivity contribution is 7.80. The maximum Gasteiger partial charge on any atom is 0.135 e. The molecular weight excluding hydrogens is 172 g/mol. The summed E-state index contributed by atoms with van der Waals surface area (Å²) in [6, 6.07) is 0. The second kappa shape index (κ2) is 5.66. The predicted octanol–water partition coefficient (Wildman–Crippen LogP) is 2.40. The zero-order valence-corrected chi connectivity index (χ0v) is 8.11. The van der Waals surface area contributed by atoms with Gasteiger partial charge in [-0.2, -0.15) is 0 Å². The summed E-state index contributed by atoms with van der Waals surface area (Å²) in [4.78, 5) is 11.2. The van der Waals surface area contributed by atoms with Gasteiger partial charge in [-0.25, -0.2) is 0 Å². The van der Waals surface area contributed by atoms with Crippen LogP contribution in [0, 0.1) is 0 Å². The third-order valence-electron chi connectivity index (χ3n) is 1.06. The van der Waals surface area contributed by atoms with Gasteiger partial charge in [-0.3, -0.25) is 4.79 Å². The Labute approximate surface area is 77.9 Å². The van der Waals surface area contributed by atoms with Gasteiger partial charge >= 0.3 is 0 Å². The summed E-state index contributed by atoms with van der Waals surface area (Å²) >= 11 is 4.91. The minimum Gasteiger partial charge on any atom is -0.470 e. The molecule has 0 rings (SSSR count). The topological polar surface area (TPSA) is 26.3 Å². The summed E-state index contributed by atoms with van der Waals surface area (Å²) in [5.74, 6) is 0.707. The summed E-state index contributed by atoms with van der Waals surface area (Å²) < 4.78 is 4.92. The van der Waals surface area contributed by atoms with Crippen LogP contribution in [0.2, 0.25) is 0 Å². The number of ether oxygens (including phenoxy) is 1. The van der Waals surface area contributed by atoms with E-state index in [9.17, 15) is 4.79 Å². The van der Waals surface area contributed by atoms with Crippen LogP contribution in [0.15, 0.2) is 24.7 Å². The number of thiocarbonyl (C=S) groups is 1. The second-order valence-electron chi connectivity index (χ2n) is 2.38. The fraction of sp³-hybridized carbons (Fsp3) is 0.333. The number of carbonyl (C=O) groups is 1. The lowest BCUT2D eigenvalue weighted by atomic mass is 10.2. The maximum atomic E-state index is 10.6. The minimum absolute atomic E-state index is 0.0580. The molecule has 3 heteroatoms. The zero-order valence-electron chi connectivity index (χ0n) is 7.29. The zero-order chi connectivity index (χ0) is 9.56. The quantitative estimate of drug-likeness (QED) is 0.373. The van der Waals surface area contributed by atoms with E-state index in [1.54, 1.807) is 13.0 Å². The average Bonchev–Trinajstić information content (AvgIpc) is 1.84. The van der Waals surface area contributed by atoms with Crippen molar-refractivity contribution in [3.05, 3.63) is 24.7 Å². The number of ketones is 1. The maximum absolute atomic E-state index is 10.6. The molecule has 0 spiro atoms. The third-order valence-corrected chi connectivity index (χ3v) is 1.32. The lowest BCUT2D eigenvalue weighted by molar-refractivity contribution is -0.115. The van der Waals surface area contributed by atoms with Gasteiger partial charge < -0.3 is 4.74 Å². The third kappa shape index (κ3) is 5.80. The van der Waals surface area contributed by atoms with Crippen molar-refractivity contribution in [3.8, 4) is 0 Å². The number of hydrogen-bond acceptors (Lipinski definition) is 3. The molecule has 0 bridgehead atoms. The summed E-state index contributed by atoms with van der Waals surface area (Å²) in [6.07, 6.45) is 3.27. The summed E-state index contributed by atoms with van der Waals surface area (Å²) in [5.41, 5.74) is 0. The van der Waals surface area contributed by atoms with E-state index >= 15 is 0 Å². The van der Waals surface area contributed by atoms with Gasteiger partial charge in [0, 0.05) is 11.3 Å². The highest BCUT2D eigenvalue weighted by atomic mass is 32.1. The molecule has 0 aromatic heterocycles. The predicted molar refractivity (Wildman–Crippen MR) is 52.9 cm³/mol. The molecule has 12 heavy (non-hydrogen) atoms. The van der Waals surface area contributed by atoms with Crippen LogP contribution in [0.4, 0.5) is 0 Å². The molecule has 2 nitrogen and oxygen atoms in total. The van der Waals surface area contributed by atoms with Gasteiger partial charge in [0.1, 0.15) is 11.5 Å². The fourth-order valence-electron chi connectivity index (χ4n) is 0.689. The Balaban J connectivity index is 4.04. The molecular formula is C9H12O2S. The minimum atomic E-state index is 0.0580. The van der Waals surface area contributed by atoms with Crippen LogP contribution in [-0.4, -0.2) is 10.6 Å². The second-order valence-corrected chi connectivity index (χ2v) is 2.91. The Morgan fingerprint density at radius 1 is 1.58 bits per heavy atom. The fourth-order valence-corrected chi connectivity index (χ4v) is 1.06. The van der Waals surface area contributed by atoms with Crippen molar-refractivity contribution in [1.82, 2.24) is 0 Å². The van der Waals surface area contributed by atoms with E-state index in [-0.39, 0.29) is 5.78 Å². The molecule has 0 aromatic carbocycles. The Morgan fingerprint density at radius 2 is 2.17 bits per heavy atom. The number of carbonyl (C=O) groups excluding carboxylic acids is 1. The first-order valence-electron chi connectivity index (χ1n) is 3.54. The van der Waals surface area contributed by atoms with E-state index in [1.807, 2.05) is 0 Å². The van der Waals surface area contributed by atoms with Crippen molar-refractivity contribution in [3.63, 3.8) is 0 Å². The normalized spacial score (nSPS) is 10.7. The van der Waals surface area contributed by atoms with E-state index in [2.05, 4.69) is 6.58 Å². The molecule has 0 radical (unpaired) electrons. The van der Waals surface area contributed by atoms with E-state index in [0.717, 1.165) is 0 Å². The van der Waals surface area contributed by atoms with Crippen molar-refractivity contribution < 1.29 is 9.53 Å². The van der Waals surface area contributed by atoms with Crippen molar-refractivity contribution in [2.24, 2.45) is 0 Å². The van der Waals surface area contributed by atoms with Crippen molar-refractivity contribution in [1.29, 1.82) is 0 Å². The van der Waals surface area contributed by atoms with Crippen LogP contribution < -0.4 is 0 Å². The molecule has 0 aliphatic heterocycles. The Hall–Kier alpha value is -0.960. The van der Waals surface area contributed by atoms with Gasteiger partial charge in [0.05, 0.1) is 6.26 Å². The molecule has 66 valence electrons. The van der Waals surface area contributed by atoms with Crippen LogP contribution in [0.25, 0.3) is 0 Å². The lowest BCUT2D eigenvalue weighted by Gasteiger charge is -1.98. The van der Waals surface area contributed by atoms with Crippen molar-refractivity contribution in [2.75, 3.05) is 0 Å². The number of hydrogen-bond donors (Lipinski definition) is 0. The number of Topliss-reactive ketones (excluding diaryl/α,β-unsaturated/α-hetero) is 1. The van der Waals surface area contributed by atoms with E-state index in [1.165, 1.54) is 13.2 Å². The molecule has 0 aliphatic carbocycles. The summed E-state index contributed by atoms with van der Waals surface area (Å²) in [6.45, 7) is 6.66. The first-order valence-corrected chi connectivity index (χ1v) is 3.95. The van der Waals surface area contributed by atoms with Crippen LogP contribution in [0.5, 0.6) is 0 Å². The number of allylic oxidation sites excluding steroid dienone is 2. The number of rotatable bonds is 5. The Bertz CT molecular complexity index is 229. The van der Waals surface area contributed by atoms with Crippen molar-refractivity contribution in [2.45, 2.75) is 20.3 Å². The molecule has 0 amide bonds. The smallest absolute Gasteiger partial charge is 0.135 e. The van der Waals surface area contributed by atoms with Gasteiger partial charge in [0.2, 0.25) is 0 Å². The first kappa shape index (κ1) is 11.0. The Morgan fingerprint density at radius 3 is 2.58 bits per heavy atom. The van der Waals surface area contributed by atoms with E-state index < -0.39 is 0 Å².